The van der Waals surface area contributed by atoms with Crippen LogP contribution in [0, 0.1) is 0 Å². The Kier molecular flexibility index (Phi) is 8.71. The lowest BCUT2D eigenvalue weighted by molar-refractivity contribution is 0.296. The quantitative estimate of drug-likeness (QED) is 0.648. The fourth-order valence-corrected chi connectivity index (χ4v) is 2.90. The number of hydrogen-bond acceptors (Lipinski definition) is 4. The molecule has 108 valence electrons. The predicted molar refractivity (Wildman–Crippen MR) is 83.1 cm³/mol. The summed E-state index contributed by atoms with van der Waals surface area (Å²) in [5, 5.41) is 12.3. The lowest BCUT2D eigenvalue weighted by atomic mass is 10.1. The third kappa shape index (κ3) is 6.32. The van der Waals surface area contributed by atoms with Crippen molar-refractivity contribution in [2.24, 2.45) is 0 Å². The molecule has 0 bridgehead atoms. The Balaban J connectivity index is 2.53. The van der Waals surface area contributed by atoms with Gasteiger partial charge < -0.3 is 15.2 Å². The van der Waals surface area contributed by atoms with Gasteiger partial charge in [0.2, 0.25) is 0 Å². The van der Waals surface area contributed by atoms with Gasteiger partial charge in [-0.15, -0.1) is 0 Å². The van der Waals surface area contributed by atoms with Crippen molar-refractivity contribution in [1.29, 1.82) is 0 Å². The minimum absolute atomic E-state index is 0.280. The molecule has 3 nitrogen and oxygen atoms in total. The minimum Gasteiger partial charge on any atom is -0.494 e. The van der Waals surface area contributed by atoms with Gasteiger partial charge in [-0.2, -0.15) is 11.8 Å². The summed E-state index contributed by atoms with van der Waals surface area (Å²) in [5.74, 6) is 2.96. The first kappa shape index (κ1) is 16.3. The monoisotopic (exact) mass is 283 g/mol. The van der Waals surface area contributed by atoms with E-state index in [9.17, 15) is 0 Å². The zero-order valence-electron chi connectivity index (χ0n) is 11.9. The van der Waals surface area contributed by atoms with Gasteiger partial charge >= 0.3 is 0 Å². The van der Waals surface area contributed by atoms with Crippen molar-refractivity contribution in [1.82, 2.24) is 5.32 Å². The zero-order chi connectivity index (χ0) is 13.9. The first-order valence-electron chi connectivity index (χ1n) is 6.96. The molecule has 0 amide bonds. The summed E-state index contributed by atoms with van der Waals surface area (Å²) in [5.41, 5.74) is 1.29. The molecule has 0 aromatic heterocycles. The van der Waals surface area contributed by atoms with Gasteiger partial charge in [-0.1, -0.05) is 19.1 Å². The zero-order valence-corrected chi connectivity index (χ0v) is 12.7. The molecule has 1 rings (SSSR count). The molecule has 1 unspecified atom stereocenters. The largest absolute Gasteiger partial charge is 0.494 e. The van der Waals surface area contributed by atoms with Crippen molar-refractivity contribution in [3.05, 3.63) is 29.8 Å². The number of nitrogens with one attached hydrogen (secondary N) is 1. The lowest BCUT2D eigenvalue weighted by Gasteiger charge is -2.18. The molecule has 1 atom stereocenters. The molecule has 0 aliphatic heterocycles. The summed E-state index contributed by atoms with van der Waals surface area (Å²) in [7, 11) is 0. The van der Waals surface area contributed by atoms with Crippen molar-refractivity contribution in [2.75, 3.05) is 31.3 Å². The first-order valence-corrected chi connectivity index (χ1v) is 8.12. The van der Waals surface area contributed by atoms with E-state index in [1.165, 1.54) is 5.56 Å². The predicted octanol–water partition coefficient (Wildman–Crippen LogP) is 2.85. The van der Waals surface area contributed by atoms with E-state index in [2.05, 4.69) is 24.4 Å². The molecule has 19 heavy (non-hydrogen) atoms. The van der Waals surface area contributed by atoms with Crippen LogP contribution in [0.5, 0.6) is 5.75 Å². The van der Waals surface area contributed by atoms with Crippen molar-refractivity contribution in [2.45, 2.75) is 26.3 Å². The van der Waals surface area contributed by atoms with Crippen molar-refractivity contribution >= 4 is 11.8 Å². The summed E-state index contributed by atoms with van der Waals surface area (Å²) in [4.78, 5) is 0. The summed E-state index contributed by atoms with van der Waals surface area (Å²) in [6.45, 7) is 6.06. The van der Waals surface area contributed by atoms with E-state index in [1.54, 1.807) is 0 Å². The van der Waals surface area contributed by atoms with E-state index in [0.29, 0.717) is 12.6 Å². The van der Waals surface area contributed by atoms with Gasteiger partial charge in [-0.3, -0.25) is 0 Å². The second kappa shape index (κ2) is 10.1. The molecule has 1 aromatic rings. The van der Waals surface area contributed by atoms with E-state index in [-0.39, 0.29) is 6.61 Å². The van der Waals surface area contributed by atoms with Gasteiger partial charge in [-0.05, 0) is 43.3 Å². The van der Waals surface area contributed by atoms with Gasteiger partial charge in [0.05, 0.1) is 6.61 Å². The Hall–Kier alpha value is -0.710. The third-order valence-electron chi connectivity index (χ3n) is 2.78. The second-order valence-corrected chi connectivity index (χ2v) is 5.41. The van der Waals surface area contributed by atoms with Gasteiger partial charge in [0.1, 0.15) is 5.75 Å². The minimum atomic E-state index is 0.280. The number of aliphatic hydroxyl groups is 1. The molecule has 1 aromatic carbocycles. The van der Waals surface area contributed by atoms with Crippen LogP contribution in [-0.2, 0) is 0 Å². The maximum atomic E-state index is 8.79. The van der Waals surface area contributed by atoms with Crippen LogP contribution >= 0.6 is 11.8 Å². The molecule has 0 saturated carbocycles. The van der Waals surface area contributed by atoms with E-state index >= 15 is 0 Å². The number of ether oxygens (including phenoxy) is 1. The SMILES string of the molecule is CCNC(CSCCCO)c1ccc(OCC)cc1. The molecular weight excluding hydrogens is 258 g/mol. The molecule has 4 heteroatoms. The Morgan fingerprint density at radius 2 is 2.00 bits per heavy atom. The van der Waals surface area contributed by atoms with Crippen LogP contribution in [0.2, 0.25) is 0 Å². The molecule has 0 fully saturated rings. The molecule has 0 aliphatic carbocycles. The maximum Gasteiger partial charge on any atom is 0.119 e. The number of rotatable bonds is 10. The number of hydrogen-bond donors (Lipinski definition) is 2. The Bertz CT molecular complexity index is 329. The highest BCUT2D eigenvalue weighted by atomic mass is 32.2. The van der Waals surface area contributed by atoms with Crippen LogP contribution < -0.4 is 10.1 Å². The van der Waals surface area contributed by atoms with E-state index in [0.717, 1.165) is 30.2 Å². The Labute approximate surface area is 120 Å². The fourth-order valence-electron chi connectivity index (χ4n) is 1.85. The van der Waals surface area contributed by atoms with Crippen LogP contribution in [-0.4, -0.2) is 36.4 Å². The summed E-state index contributed by atoms with van der Waals surface area (Å²) in [6.07, 6.45) is 0.868. The van der Waals surface area contributed by atoms with Gasteiger partial charge in [-0.25, -0.2) is 0 Å². The number of thioether (sulfide) groups is 1. The lowest BCUT2D eigenvalue weighted by Crippen LogP contribution is -2.23. The number of aliphatic hydroxyl groups excluding tert-OH is 1. The first-order chi connectivity index (χ1) is 9.31. The summed E-state index contributed by atoms with van der Waals surface area (Å²) >= 11 is 1.88. The van der Waals surface area contributed by atoms with E-state index < -0.39 is 0 Å². The fraction of sp³-hybridized carbons (Fsp3) is 0.600. The highest BCUT2D eigenvalue weighted by molar-refractivity contribution is 7.99. The van der Waals surface area contributed by atoms with Crippen molar-refractivity contribution < 1.29 is 9.84 Å². The van der Waals surface area contributed by atoms with Crippen LogP contribution in [0.15, 0.2) is 24.3 Å². The topological polar surface area (TPSA) is 41.5 Å². The summed E-state index contributed by atoms with van der Waals surface area (Å²) in [6, 6.07) is 8.68. The van der Waals surface area contributed by atoms with E-state index in [4.69, 9.17) is 9.84 Å². The summed E-state index contributed by atoms with van der Waals surface area (Å²) < 4.78 is 5.46. The molecule has 0 saturated heterocycles. The van der Waals surface area contributed by atoms with Crippen molar-refractivity contribution in [3.63, 3.8) is 0 Å². The van der Waals surface area contributed by atoms with Crippen LogP contribution in [0.1, 0.15) is 31.9 Å². The molecule has 0 radical (unpaired) electrons. The van der Waals surface area contributed by atoms with Gasteiger partial charge in [0, 0.05) is 18.4 Å². The molecular formula is C15H25NO2S. The van der Waals surface area contributed by atoms with Crippen molar-refractivity contribution in [3.8, 4) is 5.75 Å². The standard InChI is InChI=1S/C15H25NO2S/c1-3-16-15(12-19-11-5-10-17)13-6-8-14(9-7-13)18-4-2/h6-9,15-17H,3-5,10-12H2,1-2H3. The second-order valence-electron chi connectivity index (χ2n) is 4.26. The average Bonchev–Trinajstić information content (AvgIpc) is 2.44. The highest BCUT2D eigenvalue weighted by Crippen LogP contribution is 2.21. The third-order valence-corrected chi connectivity index (χ3v) is 3.92. The number of benzene rings is 1. The molecule has 0 heterocycles. The van der Waals surface area contributed by atoms with Crippen LogP contribution in [0.25, 0.3) is 0 Å². The van der Waals surface area contributed by atoms with Gasteiger partial charge in [0.25, 0.3) is 0 Å². The van der Waals surface area contributed by atoms with E-state index in [1.807, 2.05) is 30.8 Å². The van der Waals surface area contributed by atoms with Crippen LogP contribution in [0.4, 0.5) is 0 Å². The Morgan fingerprint density at radius 1 is 1.26 bits per heavy atom. The average molecular weight is 283 g/mol. The molecule has 2 N–H and O–H groups in total. The maximum absolute atomic E-state index is 8.79. The van der Waals surface area contributed by atoms with Gasteiger partial charge in [0.15, 0.2) is 0 Å². The smallest absolute Gasteiger partial charge is 0.119 e. The molecule has 0 aliphatic rings. The normalized spacial score (nSPS) is 12.4. The highest BCUT2D eigenvalue weighted by Gasteiger charge is 2.10. The van der Waals surface area contributed by atoms with Crippen LogP contribution in [0.3, 0.4) is 0 Å². The Morgan fingerprint density at radius 3 is 2.58 bits per heavy atom. The molecule has 0 spiro atoms.